The average Bonchev–Trinajstić information content (AvgIpc) is 2.06. The fourth-order valence-electron chi connectivity index (χ4n) is 2.57. The van der Waals surface area contributed by atoms with Crippen LogP contribution in [0.1, 0.15) is 54.8 Å². The zero-order chi connectivity index (χ0) is 10.2. The molecule has 0 fully saturated rings. The zero-order valence-electron chi connectivity index (χ0n) is 10.1. The molecule has 0 aliphatic heterocycles. The van der Waals surface area contributed by atoms with Gasteiger partial charge in [-0.15, -0.1) is 0 Å². The molecular weight excluding hydrogens is 158 g/mol. The molecule has 0 rings (SSSR count). The number of nitrogens with zero attached hydrogens (tertiary/aromatic N) is 1. The number of quaternary nitrogens is 1. The molecule has 0 N–H and O–H groups in total. The maximum absolute atomic E-state index is 2.31. The molecule has 0 amide bonds. The van der Waals surface area contributed by atoms with Crippen LogP contribution in [0, 0.1) is 0 Å². The maximum atomic E-state index is 2.31. The standard InChI is InChI=1S/C12H28N.H2/c1-5-9-13(10-6-2,11-7-3)12-8-4;/h5-12H2,1-4H3;1H/q+1;. The fraction of sp³-hybridized carbons (Fsp3) is 1.00. The van der Waals surface area contributed by atoms with Crippen LogP contribution in [-0.4, -0.2) is 30.7 Å². The highest BCUT2D eigenvalue weighted by Crippen LogP contribution is 2.12. The molecule has 0 aliphatic carbocycles. The van der Waals surface area contributed by atoms with Gasteiger partial charge in [0.15, 0.2) is 0 Å². The second-order valence-corrected chi connectivity index (χ2v) is 4.24. The number of hydrogen-bond donors (Lipinski definition) is 0. The molecule has 0 atom stereocenters. The summed E-state index contributed by atoms with van der Waals surface area (Å²) in [5.41, 5.74) is 0. The second kappa shape index (κ2) is 7.37. The Morgan fingerprint density at radius 2 is 0.846 bits per heavy atom. The molecule has 1 heteroatoms. The quantitative estimate of drug-likeness (QED) is 0.510. The Kier molecular flexibility index (Phi) is 7.35. The topological polar surface area (TPSA) is 0 Å². The lowest BCUT2D eigenvalue weighted by Gasteiger charge is -2.38. The van der Waals surface area contributed by atoms with Crippen LogP contribution in [0.4, 0.5) is 0 Å². The first-order chi connectivity index (χ1) is 6.24. The van der Waals surface area contributed by atoms with Gasteiger partial charge in [-0.25, -0.2) is 0 Å². The van der Waals surface area contributed by atoms with Crippen molar-refractivity contribution in [3.8, 4) is 0 Å². The summed E-state index contributed by atoms with van der Waals surface area (Å²) >= 11 is 0. The van der Waals surface area contributed by atoms with Gasteiger partial charge in [0.2, 0.25) is 0 Å². The number of hydrogen-bond acceptors (Lipinski definition) is 0. The molecule has 0 spiro atoms. The van der Waals surface area contributed by atoms with Gasteiger partial charge in [-0.05, 0) is 25.7 Å². The SMILES string of the molecule is CCC[N+](CCC)(CCC)CCC.[HH]. The van der Waals surface area contributed by atoms with Crippen molar-refractivity contribution in [1.82, 2.24) is 0 Å². The summed E-state index contributed by atoms with van der Waals surface area (Å²) in [5, 5.41) is 0. The first-order valence-electron chi connectivity index (χ1n) is 6.09. The van der Waals surface area contributed by atoms with Gasteiger partial charge in [0.1, 0.15) is 0 Å². The monoisotopic (exact) mass is 188 g/mol. The van der Waals surface area contributed by atoms with E-state index in [0.717, 1.165) is 0 Å². The van der Waals surface area contributed by atoms with Crippen molar-refractivity contribution in [3.05, 3.63) is 0 Å². The Bertz CT molecular complexity index is 85.4. The van der Waals surface area contributed by atoms with Crippen LogP contribution < -0.4 is 0 Å². The summed E-state index contributed by atoms with van der Waals surface area (Å²) in [6.07, 6.45) is 5.33. The molecule has 0 aliphatic rings. The molecule has 1 nitrogen and oxygen atoms in total. The van der Waals surface area contributed by atoms with Crippen molar-refractivity contribution in [3.63, 3.8) is 0 Å². The highest BCUT2D eigenvalue weighted by Gasteiger charge is 2.22. The zero-order valence-corrected chi connectivity index (χ0v) is 10.1. The largest absolute Gasteiger partial charge is 0.324 e. The minimum atomic E-state index is 0. The normalized spacial score (nSPS) is 12.0. The predicted molar refractivity (Wildman–Crippen MR) is 63.0 cm³/mol. The predicted octanol–water partition coefficient (Wildman–Crippen LogP) is 3.69. The summed E-state index contributed by atoms with van der Waals surface area (Å²) < 4.78 is 1.38. The van der Waals surface area contributed by atoms with E-state index in [9.17, 15) is 0 Å². The second-order valence-electron chi connectivity index (χ2n) is 4.24. The van der Waals surface area contributed by atoms with Crippen molar-refractivity contribution in [1.29, 1.82) is 0 Å². The minimum absolute atomic E-state index is 0. The van der Waals surface area contributed by atoms with E-state index in [2.05, 4.69) is 27.7 Å². The molecule has 13 heavy (non-hydrogen) atoms. The van der Waals surface area contributed by atoms with Crippen LogP contribution >= 0.6 is 0 Å². The molecule has 0 aromatic heterocycles. The third-order valence-corrected chi connectivity index (χ3v) is 2.79. The van der Waals surface area contributed by atoms with E-state index in [0.29, 0.717) is 0 Å². The van der Waals surface area contributed by atoms with Gasteiger partial charge in [-0.3, -0.25) is 0 Å². The summed E-state index contributed by atoms with van der Waals surface area (Å²) in [5.74, 6) is 0. The van der Waals surface area contributed by atoms with Gasteiger partial charge in [0.25, 0.3) is 0 Å². The lowest BCUT2D eigenvalue weighted by Crippen LogP contribution is -2.50. The van der Waals surface area contributed by atoms with Gasteiger partial charge >= 0.3 is 0 Å². The van der Waals surface area contributed by atoms with E-state index in [1.54, 1.807) is 0 Å². The van der Waals surface area contributed by atoms with E-state index in [-0.39, 0.29) is 1.43 Å². The molecule has 0 saturated heterocycles. The smallest absolute Gasteiger partial charge is 0.0783 e. The van der Waals surface area contributed by atoms with Crippen molar-refractivity contribution < 1.29 is 5.91 Å². The van der Waals surface area contributed by atoms with E-state index >= 15 is 0 Å². The fourth-order valence-corrected chi connectivity index (χ4v) is 2.57. The van der Waals surface area contributed by atoms with Gasteiger partial charge in [-0.2, -0.15) is 0 Å². The van der Waals surface area contributed by atoms with Crippen LogP contribution in [0.25, 0.3) is 0 Å². The summed E-state index contributed by atoms with van der Waals surface area (Å²) in [7, 11) is 0. The van der Waals surface area contributed by atoms with Crippen LogP contribution in [0.5, 0.6) is 0 Å². The van der Waals surface area contributed by atoms with Gasteiger partial charge < -0.3 is 4.48 Å². The van der Waals surface area contributed by atoms with Crippen molar-refractivity contribution in [2.45, 2.75) is 53.4 Å². The van der Waals surface area contributed by atoms with E-state index in [1.165, 1.54) is 56.3 Å². The summed E-state index contributed by atoms with van der Waals surface area (Å²) in [6, 6.07) is 0. The molecular formula is C12H30N+. The van der Waals surface area contributed by atoms with Crippen molar-refractivity contribution >= 4 is 0 Å². The average molecular weight is 188 g/mol. The summed E-state index contributed by atoms with van der Waals surface area (Å²) in [6.45, 7) is 14.8. The van der Waals surface area contributed by atoms with Crippen LogP contribution in [0.2, 0.25) is 0 Å². The molecule has 0 bridgehead atoms. The molecule has 0 unspecified atom stereocenters. The Balaban J connectivity index is 0. The highest BCUT2D eigenvalue weighted by atomic mass is 15.3. The van der Waals surface area contributed by atoms with Gasteiger partial charge in [0.05, 0.1) is 26.2 Å². The third-order valence-electron chi connectivity index (χ3n) is 2.79. The Hall–Kier alpha value is -0.0400. The molecule has 0 heterocycles. The van der Waals surface area contributed by atoms with Gasteiger partial charge in [-0.1, -0.05) is 27.7 Å². The Labute approximate surface area is 86.2 Å². The molecule has 0 aromatic rings. The number of rotatable bonds is 8. The minimum Gasteiger partial charge on any atom is -0.324 e. The summed E-state index contributed by atoms with van der Waals surface area (Å²) in [4.78, 5) is 0. The maximum Gasteiger partial charge on any atom is 0.0783 e. The first-order valence-corrected chi connectivity index (χ1v) is 6.09. The lowest BCUT2D eigenvalue weighted by atomic mass is 10.2. The molecule has 0 saturated carbocycles. The Morgan fingerprint density at radius 3 is 1.00 bits per heavy atom. The van der Waals surface area contributed by atoms with E-state index < -0.39 is 0 Å². The van der Waals surface area contributed by atoms with Crippen LogP contribution in [0.15, 0.2) is 0 Å². The Morgan fingerprint density at radius 1 is 0.615 bits per heavy atom. The van der Waals surface area contributed by atoms with E-state index in [4.69, 9.17) is 0 Å². The van der Waals surface area contributed by atoms with Crippen molar-refractivity contribution in [2.75, 3.05) is 26.2 Å². The lowest BCUT2D eigenvalue weighted by molar-refractivity contribution is -0.928. The third kappa shape index (κ3) is 4.66. The van der Waals surface area contributed by atoms with Crippen molar-refractivity contribution in [2.24, 2.45) is 0 Å². The van der Waals surface area contributed by atoms with Crippen LogP contribution in [-0.2, 0) is 0 Å². The molecule has 0 radical (unpaired) electrons. The molecule has 82 valence electrons. The highest BCUT2D eigenvalue weighted by molar-refractivity contribution is 4.43. The van der Waals surface area contributed by atoms with Gasteiger partial charge in [0, 0.05) is 1.43 Å². The van der Waals surface area contributed by atoms with E-state index in [1.807, 2.05) is 0 Å². The first kappa shape index (κ1) is 13.0. The van der Waals surface area contributed by atoms with Crippen LogP contribution in [0.3, 0.4) is 0 Å². The molecule has 0 aromatic carbocycles.